The van der Waals surface area contributed by atoms with Crippen molar-refractivity contribution in [2.24, 2.45) is 0 Å². The first-order valence-corrected chi connectivity index (χ1v) is 10.2. The highest BCUT2D eigenvalue weighted by Gasteiger charge is 2.33. The quantitative estimate of drug-likeness (QED) is 0.820. The van der Waals surface area contributed by atoms with Crippen LogP contribution in [0.2, 0.25) is 0 Å². The molecule has 27 heavy (non-hydrogen) atoms. The van der Waals surface area contributed by atoms with Gasteiger partial charge >= 0.3 is 0 Å². The largest absolute Gasteiger partial charge is 0.360 e. The van der Waals surface area contributed by atoms with Gasteiger partial charge in [0.1, 0.15) is 5.76 Å². The predicted molar refractivity (Wildman–Crippen MR) is 105 cm³/mol. The molecule has 4 rings (SSSR count). The highest BCUT2D eigenvalue weighted by atomic mass is 16.5. The van der Waals surface area contributed by atoms with Crippen LogP contribution in [0.15, 0.2) is 28.8 Å². The van der Waals surface area contributed by atoms with Crippen LogP contribution < -0.4 is 0 Å². The molecule has 0 bridgehead atoms. The number of amides is 1. The molecule has 1 aromatic heterocycles. The summed E-state index contributed by atoms with van der Waals surface area (Å²) in [4.78, 5) is 17.5. The molecule has 1 aromatic carbocycles. The Labute approximate surface area is 161 Å². The molecule has 1 aliphatic heterocycles. The summed E-state index contributed by atoms with van der Waals surface area (Å²) in [6.45, 7) is 1.73. The molecule has 0 radical (unpaired) electrons. The van der Waals surface area contributed by atoms with Crippen molar-refractivity contribution in [3.8, 4) is 0 Å². The molecule has 0 spiro atoms. The van der Waals surface area contributed by atoms with E-state index in [-0.39, 0.29) is 11.9 Å². The third kappa shape index (κ3) is 3.79. The monoisotopic (exact) mass is 367 g/mol. The van der Waals surface area contributed by atoms with Gasteiger partial charge in [0, 0.05) is 25.1 Å². The van der Waals surface area contributed by atoms with Gasteiger partial charge in [-0.15, -0.1) is 0 Å². The maximum atomic E-state index is 13.3. The molecular formula is C22H29N3O2. The number of piperidine rings is 1. The maximum absolute atomic E-state index is 13.3. The van der Waals surface area contributed by atoms with E-state index in [2.05, 4.69) is 48.4 Å². The Morgan fingerprint density at radius 3 is 2.70 bits per heavy atom. The summed E-state index contributed by atoms with van der Waals surface area (Å²) in [5, 5.41) is 4.18. The predicted octanol–water partition coefficient (Wildman–Crippen LogP) is 3.98. The third-order valence-electron chi connectivity index (χ3n) is 5.78. The molecule has 1 aliphatic carbocycles. The minimum atomic E-state index is 0.0453. The van der Waals surface area contributed by atoms with Crippen molar-refractivity contribution >= 4 is 5.91 Å². The molecule has 2 aliphatic rings. The molecule has 5 heteroatoms. The Morgan fingerprint density at radius 2 is 1.93 bits per heavy atom. The number of hydrogen-bond acceptors (Lipinski definition) is 4. The van der Waals surface area contributed by atoms with Crippen molar-refractivity contribution in [2.45, 2.75) is 57.5 Å². The lowest BCUT2D eigenvalue weighted by molar-refractivity contribution is 0.0600. The van der Waals surface area contributed by atoms with Crippen molar-refractivity contribution in [2.75, 3.05) is 20.6 Å². The minimum absolute atomic E-state index is 0.0453. The average Bonchev–Trinajstić information content (AvgIpc) is 3.12. The average molecular weight is 367 g/mol. The van der Waals surface area contributed by atoms with Crippen LogP contribution >= 0.6 is 0 Å². The fourth-order valence-corrected chi connectivity index (χ4v) is 4.42. The number of aryl methyl sites for hydroxylation is 1. The molecule has 5 nitrogen and oxygen atoms in total. The van der Waals surface area contributed by atoms with E-state index in [1.165, 1.54) is 11.1 Å². The second kappa shape index (κ2) is 7.85. The highest BCUT2D eigenvalue weighted by molar-refractivity contribution is 5.94. The Balaban J connectivity index is 1.57. The van der Waals surface area contributed by atoms with Gasteiger partial charge in [-0.25, -0.2) is 0 Å². The van der Waals surface area contributed by atoms with Crippen LogP contribution in [0.4, 0.5) is 0 Å². The van der Waals surface area contributed by atoms with E-state index >= 15 is 0 Å². The smallest absolute Gasteiger partial charge is 0.276 e. The van der Waals surface area contributed by atoms with Crippen LogP contribution in [0.25, 0.3) is 0 Å². The van der Waals surface area contributed by atoms with Crippen molar-refractivity contribution < 1.29 is 9.32 Å². The van der Waals surface area contributed by atoms with E-state index in [1.54, 1.807) is 0 Å². The Hall–Kier alpha value is -2.14. The van der Waals surface area contributed by atoms with Gasteiger partial charge in [0.05, 0.1) is 6.04 Å². The SMILES string of the molecule is CN(C)Cc1ccc(C2CCCCN2C(=O)c2noc3c2CCCC3)cc1. The van der Waals surface area contributed by atoms with Crippen LogP contribution in [0.1, 0.15) is 71.1 Å². The van der Waals surface area contributed by atoms with Gasteiger partial charge in [-0.05, 0) is 63.7 Å². The van der Waals surface area contributed by atoms with Gasteiger partial charge in [0.2, 0.25) is 0 Å². The minimum Gasteiger partial charge on any atom is -0.360 e. The van der Waals surface area contributed by atoms with Crippen LogP contribution in [0.3, 0.4) is 0 Å². The van der Waals surface area contributed by atoms with Crippen molar-refractivity contribution in [3.63, 3.8) is 0 Å². The molecule has 1 fully saturated rings. The number of hydrogen-bond donors (Lipinski definition) is 0. The summed E-state index contributed by atoms with van der Waals surface area (Å²) < 4.78 is 5.49. The van der Waals surface area contributed by atoms with Crippen LogP contribution in [0, 0.1) is 0 Å². The fraction of sp³-hybridized carbons (Fsp3) is 0.545. The summed E-state index contributed by atoms with van der Waals surface area (Å²) >= 11 is 0. The third-order valence-corrected chi connectivity index (χ3v) is 5.78. The molecule has 1 saturated heterocycles. The zero-order valence-electron chi connectivity index (χ0n) is 16.4. The molecule has 0 N–H and O–H groups in total. The standard InChI is InChI=1S/C22H29N3O2/c1-24(2)15-16-10-12-17(13-11-16)19-8-5-6-14-25(19)22(26)21-18-7-3-4-9-20(18)27-23-21/h10-13,19H,3-9,14-15H2,1-2H3. The Morgan fingerprint density at radius 1 is 1.15 bits per heavy atom. The Bertz CT molecular complexity index is 794. The summed E-state index contributed by atoms with van der Waals surface area (Å²) in [5.74, 6) is 0.968. The molecule has 2 aromatic rings. The van der Waals surface area contributed by atoms with E-state index in [4.69, 9.17) is 4.52 Å². The second-order valence-corrected chi connectivity index (χ2v) is 8.13. The van der Waals surface area contributed by atoms with E-state index in [1.807, 2.05) is 4.90 Å². The summed E-state index contributed by atoms with van der Waals surface area (Å²) in [6, 6.07) is 8.88. The first-order valence-electron chi connectivity index (χ1n) is 10.2. The number of carbonyl (C=O) groups excluding carboxylic acids is 1. The van der Waals surface area contributed by atoms with E-state index in [9.17, 15) is 4.79 Å². The number of aromatic nitrogens is 1. The number of likely N-dealkylation sites (tertiary alicyclic amines) is 1. The van der Waals surface area contributed by atoms with Crippen molar-refractivity contribution in [1.29, 1.82) is 0 Å². The summed E-state index contributed by atoms with van der Waals surface area (Å²) in [6.07, 6.45) is 7.29. The summed E-state index contributed by atoms with van der Waals surface area (Å²) in [7, 11) is 4.15. The highest BCUT2D eigenvalue weighted by Crippen LogP contribution is 2.34. The van der Waals surface area contributed by atoms with Gasteiger partial charge in [-0.3, -0.25) is 4.79 Å². The lowest BCUT2D eigenvalue weighted by Crippen LogP contribution is -2.39. The number of nitrogens with zero attached hydrogens (tertiary/aromatic N) is 3. The lowest BCUT2D eigenvalue weighted by Gasteiger charge is -2.36. The number of rotatable bonds is 4. The van der Waals surface area contributed by atoms with Gasteiger partial charge < -0.3 is 14.3 Å². The number of benzene rings is 1. The second-order valence-electron chi connectivity index (χ2n) is 8.13. The number of fused-ring (bicyclic) bond motifs is 1. The fourth-order valence-electron chi connectivity index (χ4n) is 4.42. The van der Waals surface area contributed by atoms with E-state index in [0.29, 0.717) is 5.69 Å². The zero-order chi connectivity index (χ0) is 18.8. The first kappa shape index (κ1) is 18.2. The first-order chi connectivity index (χ1) is 13.1. The lowest BCUT2D eigenvalue weighted by atomic mass is 9.92. The normalized spacial score (nSPS) is 20.0. The van der Waals surface area contributed by atoms with Gasteiger partial charge in [0.25, 0.3) is 5.91 Å². The topological polar surface area (TPSA) is 49.6 Å². The van der Waals surface area contributed by atoms with E-state index < -0.39 is 0 Å². The van der Waals surface area contributed by atoms with Crippen LogP contribution in [0.5, 0.6) is 0 Å². The molecule has 1 amide bonds. The molecule has 2 heterocycles. The van der Waals surface area contributed by atoms with Crippen LogP contribution in [-0.2, 0) is 19.4 Å². The van der Waals surface area contributed by atoms with Gasteiger partial charge in [-0.2, -0.15) is 0 Å². The molecule has 0 saturated carbocycles. The van der Waals surface area contributed by atoms with Crippen LogP contribution in [-0.4, -0.2) is 41.5 Å². The number of carbonyl (C=O) groups is 1. The summed E-state index contributed by atoms with van der Waals surface area (Å²) in [5.41, 5.74) is 4.13. The van der Waals surface area contributed by atoms with Gasteiger partial charge in [-0.1, -0.05) is 29.4 Å². The zero-order valence-corrected chi connectivity index (χ0v) is 16.4. The van der Waals surface area contributed by atoms with E-state index in [0.717, 1.165) is 69.4 Å². The maximum Gasteiger partial charge on any atom is 0.276 e. The van der Waals surface area contributed by atoms with Gasteiger partial charge in [0.15, 0.2) is 5.69 Å². The molecule has 1 unspecified atom stereocenters. The van der Waals surface area contributed by atoms with Crippen molar-refractivity contribution in [1.82, 2.24) is 15.0 Å². The molecule has 144 valence electrons. The molecular weight excluding hydrogens is 338 g/mol. The van der Waals surface area contributed by atoms with Crippen molar-refractivity contribution in [3.05, 3.63) is 52.4 Å². The Kier molecular flexibility index (Phi) is 5.30. The molecule has 1 atom stereocenters.